The molecular weight excluding hydrogens is 280 g/mol. The molecule has 0 amide bonds. The van der Waals surface area contributed by atoms with Crippen molar-refractivity contribution < 1.29 is 5.11 Å². The van der Waals surface area contributed by atoms with Crippen LogP contribution < -0.4 is 0 Å². The first-order chi connectivity index (χ1) is 11.1. The largest absolute Gasteiger partial charge is 0.384 e. The Bertz CT molecular complexity index is 740. The lowest BCUT2D eigenvalue weighted by atomic mass is 9.96. The Kier molecular flexibility index (Phi) is 4.59. The highest BCUT2D eigenvalue weighted by Gasteiger charge is 2.11. The summed E-state index contributed by atoms with van der Waals surface area (Å²) in [6.45, 7) is 4.35. The number of rotatable bonds is 4. The van der Waals surface area contributed by atoms with Gasteiger partial charge in [0.1, 0.15) is 6.10 Å². The summed E-state index contributed by atoms with van der Waals surface area (Å²) in [5.74, 6) is 0.506. The Morgan fingerprint density at radius 2 is 1.00 bits per heavy atom. The number of benzene rings is 3. The summed E-state index contributed by atoms with van der Waals surface area (Å²) < 4.78 is 0. The van der Waals surface area contributed by atoms with Crippen molar-refractivity contribution in [3.63, 3.8) is 0 Å². The maximum Gasteiger partial charge on any atom is 0.104 e. The number of hydrogen-bond donors (Lipinski definition) is 1. The second-order valence-corrected chi connectivity index (χ2v) is 6.21. The third-order valence-electron chi connectivity index (χ3n) is 4.25. The van der Waals surface area contributed by atoms with E-state index < -0.39 is 6.10 Å². The van der Waals surface area contributed by atoms with Crippen molar-refractivity contribution in [1.82, 2.24) is 0 Å². The molecule has 3 aromatic rings. The van der Waals surface area contributed by atoms with Gasteiger partial charge in [-0.3, -0.25) is 0 Å². The molecule has 1 heteroatoms. The van der Waals surface area contributed by atoms with E-state index in [0.29, 0.717) is 5.92 Å². The molecule has 23 heavy (non-hydrogen) atoms. The molecule has 1 N–H and O–H groups in total. The molecule has 1 unspecified atom stereocenters. The van der Waals surface area contributed by atoms with Gasteiger partial charge >= 0.3 is 0 Å². The molecule has 0 aromatic heterocycles. The monoisotopic (exact) mass is 302 g/mol. The molecule has 1 nitrogen and oxygen atoms in total. The maximum absolute atomic E-state index is 10.6. The summed E-state index contributed by atoms with van der Waals surface area (Å²) in [6, 6.07) is 26.6. The van der Waals surface area contributed by atoms with E-state index in [-0.39, 0.29) is 0 Å². The molecule has 1 atom stereocenters. The van der Waals surface area contributed by atoms with Crippen LogP contribution in [-0.2, 0) is 0 Å². The summed E-state index contributed by atoms with van der Waals surface area (Å²) in [4.78, 5) is 0. The average molecular weight is 302 g/mol. The fourth-order valence-electron chi connectivity index (χ4n) is 2.74. The van der Waals surface area contributed by atoms with Crippen LogP contribution in [0.1, 0.15) is 42.6 Å². The number of aliphatic hydroxyl groups excluding tert-OH is 1. The third kappa shape index (κ3) is 3.52. The molecule has 116 valence electrons. The first-order valence-electron chi connectivity index (χ1n) is 8.08. The van der Waals surface area contributed by atoms with Crippen LogP contribution in [0, 0.1) is 0 Å². The fraction of sp³-hybridized carbons (Fsp3) is 0.182. The van der Waals surface area contributed by atoms with Crippen LogP contribution in [0.3, 0.4) is 0 Å². The van der Waals surface area contributed by atoms with Crippen LogP contribution in [-0.4, -0.2) is 5.11 Å². The molecule has 0 aliphatic carbocycles. The van der Waals surface area contributed by atoms with Gasteiger partial charge in [-0.1, -0.05) is 92.7 Å². The van der Waals surface area contributed by atoms with E-state index in [1.165, 1.54) is 11.1 Å². The topological polar surface area (TPSA) is 20.2 Å². The van der Waals surface area contributed by atoms with E-state index in [9.17, 15) is 5.11 Å². The van der Waals surface area contributed by atoms with Crippen molar-refractivity contribution >= 4 is 0 Å². The SMILES string of the molecule is CC(C)c1ccc(C(O)c2ccc(-c3ccccc3)cc2)cc1. The second-order valence-electron chi connectivity index (χ2n) is 6.21. The minimum atomic E-state index is -0.582. The minimum absolute atomic E-state index is 0.506. The van der Waals surface area contributed by atoms with Gasteiger partial charge < -0.3 is 5.11 Å². The summed E-state index contributed by atoms with van der Waals surface area (Å²) in [6.07, 6.45) is -0.582. The summed E-state index contributed by atoms with van der Waals surface area (Å²) >= 11 is 0. The second kappa shape index (κ2) is 6.80. The van der Waals surface area contributed by atoms with Crippen LogP contribution >= 0.6 is 0 Å². The molecule has 0 aliphatic heterocycles. The van der Waals surface area contributed by atoms with E-state index in [1.54, 1.807) is 0 Å². The highest BCUT2D eigenvalue weighted by Crippen LogP contribution is 2.26. The first-order valence-corrected chi connectivity index (χ1v) is 8.08. The van der Waals surface area contributed by atoms with E-state index in [2.05, 4.69) is 50.2 Å². The Hall–Kier alpha value is -2.38. The van der Waals surface area contributed by atoms with Gasteiger partial charge in [-0.25, -0.2) is 0 Å². The Balaban J connectivity index is 1.81. The molecule has 0 aliphatic rings. The van der Waals surface area contributed by atoms with Crippen LogP contribution in [0.15, 0.2) is 78.9 Å². The van der Waals surface area contributed by atoms with E-state index in [1.807, 2.05) is 42.5 Å². The van der Waals surface area contributed by atoms with Gasteiger partial charge in [-0.2, -0.15) is 0 Å². The predicted molar refractivity (Wildman–Crippen MR) is 96.5 cm³/mol. The van der Waals surface area contributed by atoms with Gasteiger partial charge in [0.15, 0.2) is 0 Å². The van der Waals surface area contributed by atoms with E-state index in [0.717, 1.165) is 16.7 Å². The summed E-state index contributed by atoms with van der Waals surface area (Å²) in [5.41, 5.74) is 5.50. The van der Waals surface area contributed by atoms with Gasteiger partial charge in [-0.05, 0) is 33.7 Å². The Morgan fingerprint density at radius 3 is 1.52 bits per heavy atom. The smallest absolute Gasteiger partial charge is 0.104 e. The average Bonchev–Trinajstić information content (AvgIpc) is 2.62. The van der Waals surface area contributed by atoms with Crippen molar-refractivity contribution in [2.24, 2.45) is 0 Å². The van der Waals surface area contributed by atoms with Crippen LogP contribution in [0.5, 0.6) is 0 Å². The zero-order valence-electron chi connectivity index (χ0n) is 13.6. The van der Waals surface area contributed by atoms with Crippen molar-refractivity contribution in [2.75, 3.05) is 0 Å². The van der Waals surface area contributed by atoms with Gasteiger partial charge in [-0.15, -0.1) is 0 Å². The molecule has 3 rings (SSSR count). The number of hydrogen-bond acceptors (Lipinski definition) is 1. The highest BCUT2D eigenvalue weighted by molar-refractivity contribution is 5.63. The molecule has 0 fully saturated rings. The standard InChI is InChI=1S/C22H22O/c1-16(2)17-8-12-20(13-9-17)22(23)21-14-10-19(11-15-21)18-6-4-3-5-7-18/h3-16,22-23H,1-2H3. The zero-order chi connectivity index (χ0) is 16.2. The van der Waals surface area contributed by atoms with Gasteiger partial charge in [0.25, 0.3) is 0 Å². The molecule has 3 aromatic carbocycles. The fourth-order valence-corrected chi connectivity index (χ4v) is 2.74. The van der Waals surface area contributed by atoms with Crippen LogP contribution in [0.4, 0.5) is 0 Å². The Morgan fingerprint density at radius 1 is 0.565 bits per heavy atom. The van der Waals surface area contributed by atoms with Crippen molar-refractivity contribution in [3.05, 3.63) is 95.6 Å². The van der Waals surface area contributed by atoms with Gasteiger partial charge in [0, 0.05) is 0 Å². The molecule has 0 spiro atoms. The van der Waals surface area contributed by atoms with Gasteiger partial charge in [0.05, 0.1) is 0 Å². The lowest BCUT2D eigenvalue weighted by Crippen LogP contribution is -2.00. The molecular formula is C22H22O. The molecule has 0 bridgehead atoms. The quantitative estimate of drug-likeness (QED) is 0.669. The van der Waals surface area contributed by atoms with E-state index >= 15 is 0 Å². The van der Waals surface area contributed by atoms with Crippen molar-refractivity contribution in [2.45, 2.75) is 25.9 Å². The first kappa shape index (κ1) is 15.5. The molecule has 0 saturated carbocycles. The zero-order valence-corrected chi connectivity index (χ0v) is 13.6. The maximum atomic E-state index is 10.6. The molecule has 0 saturated heterocycles. The number of aliphatic hydroxyl groups is 1. The normalized spacial score (nSPS) is 12.3. The summed E-state index contributed by atoms with van der Waals surface area (Å²) in [7, 11) is 0. The summed E-state index contributed by atoms with van der Waals surface area (Å²) in [5, 5.41) is 10.6. The Labute approximate surface area is 138 Å². The highest BCUT2D eigenvalue weighted by atomic mass is 16.3. The third-order valence-corrected chi connectivity index (χ3v) is 4.25. The van der Waals surface area contributed by atoms with Gasteiger partial charge in [0.2, 0.25) is 0 Å². The van der Waals surface area contributed by atoms with E-state index in [4.69, 9.17) is 0 Å². The molecule has 0 radical (unpaired) electrons. The van der Waals surface area contributed by atoms with Crippen molar-refractivity contribution in [3.8, 4) is 11.1 Å². The lowest BCUT2D eigenvalue weighted by molar-refractivity contribution is 0.220. The van der Waals surface area contributed by atoms with Crippen LogP contribution in [0.25, 0.3) is 11.1 Å². The predicted octanol–water partition coefficient (Wildman–Crippen LogP) is 5.56. The minimum Gasteiger partial charge on any atom is -0.384 e. The molecule has 0 heterocycles. The van der Waals surface area contributed by atoms with Crippen molar-refractivity contribution in [1.29, 1.82) is 0 Å². The van der Waals surface area contributed by atoms with Crippen LogP contribution in [0.2, 0.25) is 0 Å². The lowest BCUT2D eigenvalue weighted by Gasteiger charge is -2.14.